The molecule has 1 amide bonds. The Morgan fingerprint density at radius 3 is 2.76 bits per heavy atom. The van der Waals surface area contributed by atoms with E-state index in [1.807, 2.05) is 23.1 Å². The lowest BCUT2D eigenvalue weighted by Crippen LogP contribution is -2.57. The predicted molar refractivity (Wildman–Crippen MR) is 142 cm³/mol. The van der Waals surface area contributed by atoms with E-state index in [2.05, 4.69) is 27.5 Å². The highest BCUT2D eigenvalue weighted by Gasteiger charge is 2.41. The van der Waals surface area contributed by atoms with E-state index >= 15 is 0 Å². The van der Waals surface area contributed by atoms with Gasteiger partial charge in [-0.3, -0.25) is 9.78 Å². The van der Waals surface area contributed by atoms with E-state index in [0.29, 0.717) is 37.0 Å². The number of piperazine rings is 1. The van der Waals surface area contributed by atoms with Gasteiger partial charge in [0.15, 0.2) is 0 Å². The third-order valence-corrected chi connectivity index (χ3v) is 7.72. The molecular weight excluding hydrogens is 464 g/mol. The van der Waals surface area contributed by atoms with Crippen molar-refractivity contribution in [1.82, 2.24) is 19.9 Å². The first-order valence-electron chi connectivity index (χ1n) is 13.0. The van der Waals surface area contributed by atoms with E-state index in [1.165, 1.54) is 0 Å². The number of ether oxygens (including phenoxy) is 1. The van der Waals surface area contributed by atoms with Crippen LogP contribution in [0.15, 0.2) is 37.2 Å². The van der Waals surface area contributed by atoms with Gasteiger partial charge >= 0.3 is 0 Å². The van der Waals surface area contributed by atoms with Gasteiger partial charge in [-0.2, -0.15) is 5.26 Å². The topological polar surface area (TPSA) is 95.2 Å². The maximum absolute atomic E-state index is 12.7. The van der Waals surface area contributed by atoms with Gasteiger partial charge in [-0.1, -0.05) is 6.58 Å². The van der Waals surface area contributed by atoms with Crippen molar-refractivity contribution in [1.29, 1.82) is 5.26 Å². The molecule has 1 atom stereocenters. The number of fused-ring (bicyclic) bond motifs is 1. The Hall–Kier alpha value is -3.83. The Balaban J connectivity index is 1.42. The molecule has 2 saturated carbocycles. The number of hydrogen-bond acceptors (Lipinski definition) is 7. The van der Waals surface area contributed by atoms with Crippen molar-refractivity contribution in [2.75, 3.05) is 38.3 Å². The summed E-state index contributed by atoms with van der Waals surface area (Å²) in [5.41, 5.74) is 5.15. The van der Waals surface area contributed by atoms with Crippen LogP contribution in [0.25, 0.3) is 28.1 Å². The zero-order valence-electron chi connectivity index (χ0n) is 21.1. The molecule has 1 aliphatic heterocycles. The molecule has 0 bridgehead atoms. The second kappa shape index (κ2) is 9.56. The average molecular weight is 495 g/mol. The fourth-order valence-corrected chi connectivity index (χ4v) is 5.55. The zero-order chi connectivity index (χ0) is 25.5. The molecule has 0 radical (unpaired) electrons. The van der Waals surface area contributed by atoms with Crippen LogP contribution in [0, 0.1) is 17.2 Å². The molecule has 3 fully saturated rings. The molecule has 8 heteroatoms. The van der Waals surface area contributed by atoms with Crippen molar-refractivity contribution in [2.45, 2.75) is 37.6 Å². The Labute approximate surface area is 216 Å². The van der Waals surface area contributed by atoms with Gasteiger partial charge in [-0.05, 0) is 61.4 Å². The lowest BCUT2D eigenvalue weighted by atomic mass is 9.95. The number of pyridine rings is 3. The van der Waals surface area contributed by atoms with Crippen LogP contribution < -0.4 is 4.90 Å². The molecular formula is C29H30N6O2. The molecule has 0 unspecified atom stereocenters. The van der Waals surface area contributed by atoms with Crippen LogP contribution in [-0.4, -0.2) is 65.2 Å². The van der Waals surface area contributed by atoms with Gasteiger partial charge in [0.1, 0.15) is 18.5 Å². The van der Waals surface area contributed by atoms with Crippen LogP contribution in [0.5, 0.6) is 0 Å². The molecule has 3 aliphatic rings. The number of nitrogens with zero attached hydrogens (tertiary/aromatic N) is 6. The van der Waals surface area contributed by atoms with Crippen molar-refractivity contribution >= 4 is 28.7 Å². The Morgan fingerprint density at radius 1 is 1.22 bits per heavy atom. The summed E-state index contributed by atoms with van der Waals surface area (Å²) in [5.74, 6) is 1.66. The smallest absolute Gasteiger partial charge is 0.248 e. The zero-order valence-corrected chi connectivity index (χ0v) is 21.1. The van der Waals surface area contributed by atoms with Gasteiger partial charge in [0.05, 0.1) is 34.7 Å². The molecule has 3 aromatic rings. The molecule has 188 valence electrons. The summed E-state index contributed by atoms with van der Waals surface area (Å²) in [7, 11) is 1.56. The molecule has 8 nitrogen and oxygen atoms in total. The third-order valence-electron chi connectivity index (χ3n) is 7.72. The first-order valence-corrected chi connectivity index (χ1v) is 13.0. The summed E-state index contributed by atoms with van der Waals surface area (Å²) in [5, 5.41) is 11.2. The van der Waals surface area contributed by atoms with Gasteiger partial charge in [-0.15, -0.1) is 0 Å². The standard InChI is InChI=1S/C29H30N6O2/c1-3-21-13-23(22-8-9-31-15-25(22)32-21)24-12-20(14-30)29(33-28(24)19-6-7-19)34-10-11-35(27(36)17-37-2)26(16-34)18-4-5-18/h3,8-9,12-13,15,18-19,26H,1,4-7,10-11,16-17H2,2H3/t26-/m0/s1. The van der Waals surface area contributed by atoms with Crippen LogP contribution in [0.1, 0.15) is 48.6 Å². The van der Waals surface area contributed by atoms with Crippen LogP contribution in [-0.2, 0) is 9.53 Å². The lowest BCUT2D eigenvalue weighted by molar-refractivity contribution is -0.138. The maximum Gasteiger partial charge on any atom is 0.248 e. The molecule has 1 saturated heterocycles. The number of anilines is 1. The van der Waals surface area contributed by atoms with Gasteiger partial charge < -0.3 is 14.5 Å². The van der Waals surface area contributed by atoms with Gasteiger partial charge in [0, 0.05) is 49.8 Å². The Morgan fingerprint density at radius 2 is 2.05 bits per heavy atom. The fraction of sp³-hybridized carbons (Fsp3) is 0.414. The van der Waals surface area contributed by atoms with Gasteiger partial charge in [0.25, 0.3) is 0 Å². The number of nitriles is 1. The molecule has 2 aliphatic carbocycles. The molecule has 37 heavy (non-hydrogen) atoms. The molecule has 0 N–H and O–H groups in total. The highest BCUT2D eigenvalue weighted by atomic mass is 16.5. The number of amides is 1. The highest BCUT2D eigenvalue weighted by Crippen LogP contribution is 2.46. The second-order valence-corrected chi connectivity index (χ2v) is 10.2. The van der Waals surface area contributed by atoms with Crippen molar-refractivity contribution < 1.29 is 9.53 Å². The maximum atomic E-state index is 12.7. The van der Waals surface area contributed by atoms with E-state index in [4.69, 9.17) is 9.72 Å². The van der Waals surface area contributed by atoms with Crippen LogP contribution in [0.4, 0.5) is 5.82 Å². The first-order chi connectivity index (χ1) is 18.1. The summed E-state index contributed by atoms with van der Waals surface area (Å²) in [6, 6.07) is 8.56. The summed E-state index contributed by atoms with van der Waals surface area (Å²) in [6.45, 7) is 5.97. The van der Waals surface area contributed by atoms with E-state index in [1.54, 1.807) is 25.6 Å². The third kappa shape index (κ3) is 4.44. The van der Waals surface area contributed by atoms with E-state index in [9.17, 15) is 10.1 Å². The lowest BCUT2D eigenvalue weighted by Gasteiger charge is -2.42. The molecule has 3 aromatic heterocycles. The molecule has 4 heterocycles. The minimum absolute atomic E-state index is 0.0404. The first kappa shape index (κ1) is 23.6. The molecule has 6 rings (SSSR count). The highest BCUT2D eigenvalue weighted by molar-refractivity contribution is 5.96. The minimum Gasteiger partial charge on any atom is -0.375 e. The van der Waals surface area contributed by atoms with Crippen LogP contribution in [0.2, 0.25) is 0 Å². The fourth-order valence-electron chi connectivity index (χ4n) is 5.55. The quantitative estimate of drug-likeness (QED) is 0.487. The van der Waals surface area contributed by atoms with Crippen LogP contribution >= 0.6 is 0 Å². The van der Waals surface area contributed by atoms with Crippen molar-refractivity contribution in [3.8, 4) is 17.2 Å². The Bertz CT molecular complexity index is 1420. The number of hydrogen-bond donors (Lipinski definition) is 0. The number of methoxy groups -OCH3 is 1. The summed E-state index contributed by atoms with van der Waals surface area (Å²) in [4.78, 5) is 31.0. The van der Waals surface area contributed by atoms with Gasteiger partial charge in [0.2, 0.25) is 5.91 Å². The van der Waals surface area contributed by atoms with Crippen molar-refractivity contribution in [3.05, 3.63) is 54.1 Å². The average Bonchev–Trinajstić information content (AvgIpc) is 3.85. The van der Waals surface area contributed by atoms with Gasteiger partial charge in [-0.25, -0.2) is 9.97 Å². The largest absolute Gasteiger partial charge is 0.375 e. The monoisotopic (exact) mass is 494 g/mol. The Kier molecular flexibility index (Phi) is 6.09. The number of carbonyl (C=O) groups is 1. The number of carbonyl (C=O) groups excluding carboxylic acids is 1. The second-order valence-electron chi connectivity index (χ2n) is 10.2. The number of rotatable bonds is 7. The van der Waals surface area contributed by atoms with Crippen LogP contribution in [0.3, 0.4) is 0 Å². The van der Waals surface area contributed by atoms with Crippen molar-refractivity contribution in [3.63, 3.8) is 0 Å². The SMILES string of the molecule is C=Cc1cc(-c2cc(C#N)c(N3CCN(C(=O)COC)[C@H](C4CC4)C3)nc2C2CC2)c2ccncc2n1. The summed E-state index contributed by atoms with van der Waals surface area (Å²) < 4.78 is 5.13. The predicted octanol–water partition coefficient (Wildman–Crippen LogP) is 4.16. The van der Waals surface area contributed by atoms with E-state index in [-0.39, 0.29) is 18.6 Å². The number of aromatic nitrogens is 3. The van der Waals surface area contributed by atoms with E-state index in [0.717, 1.165) is 64.9 Å². The normalized spacial score (nSPS) is 19.6. The van der Waals surface area contributed by atoms with E-state index < -0.39 is 0 Å². The summed E-state index contributed by atoms with van der Waals surface area (Å²) in [6.07, 6.45) is 9.72. The minimum atomic E-state index is 0.0404. The molecule has 0 aromatic carbocycles. The molecule has 0 spiro atoms. The van der Waals surface area contributed by atoms with Crippen molar-refractivity contribution in [2.24, 2.45) is 5.92 Å². The summed E-state index contributed by atoms with van der Waals surface area (Å²) >= 11 is 0.